The molecule has 0 spiro atoms. The van der Waals surface area contributed by atoms with Crippen molar-refractivity contribution in [2.75, 3.05) is 25.0 Å². The molecule has 1 heterocycles. The molecule has 1 fully saturated rings. The second-order valence-electron chi connectivity index (χ2n) is 8.05. The van der Waals surface area contributed by atoms with Crippen molar-refractivity contribution < 1.29 is 33.0 Å². The Labute approximate surface area is 193 Å². The fourth-order valence-electron chi connectivity index (χ4n) is 3.63. The number of anilines is 1. The van der Waals surface area contributed by atoms with E-state index in [1.54, 1.807) is 26.0 Å². The summed E-state index contributed by atoms with van der Waals surface area (Å²) in [5.41, 5.74) is 0.934. The molecule has 2 aromatic carbocycles. The van der Waals surface area contributed by atoms with Crippen molar-refractivity contribution in [3.05, 3.63) is 47.0 Å². The summed E-state index contributed by atoms with van der Waals surface area (Å²) in [6.07, 6.45) is 3.63. The van der Waals surface area contributed by atoms with E-state index in [0.717, 1.165) is 25.7 Å². The molecule has 1 saturated heterocycles. The molecule has 2 aromatic rings. The Bertz CT molecular complexity index is 1150. The molecular formula is C23H28N2O7S. The number of ether oxygens (including phenoxy) is 1. The molecule has 0 aliphatic carbocycles. The number of phenols is 2. The van der Waals surface area contributed by atoms with Gasteiger partial charge in [-0.3, -0.25) is 4.79 Å². The minimum absolute atomic E-state index is 0.124. The molecule has 178 valence electrons. The second kappa shape index (κ2) is 10.2. The number of aromatic hydroxyl groups is 2. The van der Waals surface area contributed by atoms with Gasteiger partial charge in [0.1, 0.15) is 5.56 Å². The van der Waals surface area contributed by atoms with Crippen LogP contribution in [0.4, 0.5) is 5.69 Å². The van der Waals surface area contributed by atoms with Crippen molar-refractivity contribution in [3.63, 3.8) is 0 Å². The van der Waals surface area contributed by atoms with Gasteiger partial charge in [0.25, 0.3) is 5.91 Å². The van der Waals surface area contributed by atoms with E-state index < -0.39 is 40.0 Å². The summed E-state index contributed by atoms with van der Waals surface area (Å²) >= 11 is 0. The van der Waals surface area contributed by atoms with E-state index in [1.165, 1.54) is 22.5 Å². The highest BCUT2D eigenvalue weighted by Crippen LogP contribution is 2.32. The normalized spacial score (nSPS) is 15.0. The first-order valence-electron chi connectivity index (χ1n) is 10.7. The minimum atomic E-state index is -3.70. The Morgan fingerprint density at radius 3 is 2.27 bits per heavy atom. The van der Waals surface area contributed by atoms with E-state index in [9.17, 15) is 28.2 Å². The van der Waals surface area contributed by atoms with Gasteiger partial charge in [-0.1, -0.05) is 25.0 Å². The van der Waals surface area contributed by atoms with Crippen LogP contribution in [0.3, 0.4) is 0 Å². The van der Waals surface area contributed by atoms with Crippen molar-refractivity contribution in [2.45, 2.75) is 44.4 Å². The van der Waals surface area contributed by atoms with Gasteiger partial charge in [-0.15, -0.1) is 0 Å². The van der Waals surface area contributed by atoms with Crippen LogP contribution >= 0.6 is 0 Å². The van der Waals surface area contributed by atoms with Crippen LogP contribution in [0.25, 0.3) is 0 Å². The standard InChI is InChI=1S/C23H28N2O7S/c1-15-7-9-17(13-19(15)33(30,31)25-11-5-3-4-6-12-25)24-20(26)14-32-23(29)18-10-8-16(2)21(27)22(18)28/h7-10,13,27-28H,3-6,11-12,14H2,1-2H3,(H,24,26). The SMILES string of the molecule is Cc1ccc(NC(=O)COC(=O)c2ccc(C)c(O)c2O)cc1S(=O)(=O)N1CCCCCC1. The molecule has 0 saturated carbocycles. The summed E-state index contributed by atoms with van der Waals surface area (Å²) in [7, 11) is -3.70. The van der Waals surface area contributed by atoms with Gasteiger partial charge in [0, 0.05) is 18.8 Å². The van der Waals surface area contributed by atoms with Crippen LogP contribution in [0.15, 0.2) is 35.2 Å². The lowest BCUT2D eigenvalue weighted by molar-refractivity contribution is -0.119. The van der Waals surface area contributed by atoms with Crippen LogP contribution in [0.5, 0.6) is 11.5 Å². The van der Waals surface area contributed by atoms with Crippen molar-refractivity contribution in [1.82, 2.24) is 4.31 Å². The summed E-state index contributed by atoms with van der Waals surface area (Å²) in [4.78, 5) is 24.6. The zero-order valence-electron chi connectivity index (χ0n) is 18.6. The Kier molecular flexibility index (Phi) is 7.60. The van der Waals surface area contributed by atoms with E-state index in [4.69, 9.17) is 4.74 Å². The van der Waals surface area contributed by atoms with Crippen LogP contribution < -0.4 is 5.32 Å². The van der Waals surface area contributed by atoms with Gasteiger partial charge in [-0.25, -0.2) is 13.2 Å². The maximum absolute atomic E-state index is 13.2. The van der Waals surface area contributed by atoms with Crippen LogP contribution in [0.2, 0.25) is 0 Å². The molecule has 1 aliphatic heterocycles. The number of benzene rings is 2. The van der Waals surface area contributed by atoms with Crippen molar-refractivity contribution in [2.24, 2.45) is 0 Å². The number of rotatable bonds is 6. The quantitative estimate of drug-likeness (QED) is 0.431. The highest BCUT2D eigenvalue weighted by molar-refractivity contribution is 7.89. The third kappa shape index (κ3) is 5.63. The highest BCUT2D eigenvalue weighted by atomic mass is 32.2. The summed E-state index contributed by atoms with van der Waals surface area (Å²) in [5.74, 6) is -2.72. The number of amides is 1. The average Bonchev–Trinajstić information content (AvgIpc) is 3.07. The van der Waals surface area contributed by atoms with Crippen molar-refractivity contribution in [3.8, 4) is 11.5 Å². The van der Waals surface area contributed by atoms with Gasteiger partial charge in [0.05, 0.1) is 4.90 Å². The van der Waals surface area contributed by atoms with Crippen LogP contribution in [0.1, 0.15) is 47.2 Å². The second-order valence-corrected chi connectivity index (χ2v) is 9.96. The number of carbonyl (C=O) groups is 2. The lowest BCUT2D eigenvalue weighted by atomic mass is 10.1. The van der Waals surface area contributed by atoms with E-state index in [-0.39, 0.29) is 16.1 Å². The third-order valence-electron chi connectivity index (χ3n) is 5.56. The maximum atomic E-state index is 13.2. The summed E-state index contributed by atoms with van der Waals surface area (Å²) in [6, 6.07) is 7.30. The zero-order chi connectivity index (χ0) is 24.2. The topological polar surface area (TPSA) is 133 Å². The number of aryl methyl sites for hydroxylation is 2. The third-order valence-corrected chi connectivity index (χ3v) is 7.60. The van der Waals surface area contributed by atoms with E-state index in [2.05, 4.69) is 5.32 Å². The molecule has 0 unspecified atom stereocenters. The summed E-state index contributed by atoms with van der Waals surface area (Å²) in [5, 5.41) is 22.2. The van der Waals surface area contributed by atoms with Gasteiger partial charge in [-0.2, -0.15) is 4.31 Å². The number of esters is 1. The van der Waals surface area contributed by atoms with Crippen molar-refractivity contribution in [1.29, 1.82) is 0 Å². The molecule has 1 aliphatic rings. The Balaban J connectivity index is 1.68. The molecule has 3 N–H and O–H groups in total. The van der Waals surface area contributed by atoms with Crippen LogP contribution in [0, 0.1) is 13.8 Å². The Morgan fingerprint density at radius 1 is 0.970 bits per heavy atom. The molecule has 0 bridgehead atoms. The minimum Gasteiger partial charge on any atom is -0.504 e. The Hall–Kier alpha value is -3.11. The number of hydrogen-bond acceptors (Lipinski definition) is 7. The fourth-order valence-corrected chi connectivity index (χ4v) is 5.40. The van der Waals surface area contributed by atoms with Crippen LogP contribution in [-0.2, 0) is 19.6 Å². The molecule has 0 radical (unpaired) electrons. The highest BCUT2D eigenvalue weighted by Gasteiger charge is 2.27. The predicted octanol–water partition coefficient (Wildman–Crippen LogP) is 3.07. The number of nitrogens with one attached hydrogen (secondary N) is 1. The van der Waals surface area contributed by atoms with Gasteiger partial charge < -0.3 is 20.3 Å². The van der Waals surface area contributed by atoms with Crippen LogP contribution in [-0.4, -0.2) is 54.5 Å². The number of nitrogens with zero attached hydrogens (tertiary/aromatic N) is 1. The first kappa shape index (κ1) is 24.5. The molecule has 9 nitrogen and oxygen atoms in total. The molecule has 1 amide bonds. The number of sulfonamides is 1. The van der Waals surface area contributed by atoms with Gasteiger partial charge in [-0.05, 0) is 56.0 Å². The maximum Gasteiger partial charge on any atom is 0.342 e. The molecular weight excluding hydrogens is 448 g/mol. The summed E-state index contributed by atoms with van der Waals surface area (Å²) < 4.78 is 32.7. The molecule has 0 atom stereocenters. The average molecular weight is 477 g/mol. The summed E-state index contributed by atoms with van der Waals surface area (Å²) in [6.45, 7) is 3.53. The van der Waals surface area contributed by atoms with Crippen molar-refractivity contribution >= 4 is 27.6 Å². The molecule has 3 rings (SSSR count). The number of hydrogen-bond donors (Lipinski definition) is 3. The van der Waals surface area contributed by atoms with Gasteiger partial charge in [0.2, 0.25) is 10.0 Å². The van der Waals surface area contributed by atoms with E-state index in [1.807, 2.05) is 0 Å². The number of phenolic OH excluding ortho intramolecular Hbond substituents is 2. The Morgan fingerprint density at radius 2 is 1.61 bits per heavy atom. The first-order chi connectivity index (χ1) is 15.6. The predicted molar refractivity (Wildman–Crippen MR) is 122 cm³/mol. The molecule has 10 heteroatoms. The zero-order valence-corrected chi connectivity index (χ0v) is 19.4. The number of carbonyl (C=O) groups excluding carboxylic acids is 2. The first-order valence-corrected chi connectivity index (χ1v) is 12.1. The lowest BCUT2D eigenvalue weighted by Crippen LogP contribution is -2.32. The lowest BCUT2D eigenvalue weighted by Gasteiger charge is -2.21. The van der Waals surface area contributed by atoms with Gasteiger partial charge >= 0.3 is 5.97 Å². The molecule has 33 heavy (non-hydrogen) atoms. The monoisotopic (exact) mass is 476 g/mol. The van der Waals surface area contributed by atoms with E-state index >= 15 is 0 Å². The largest absolute Gasteiger partial charge is 0.504 e. The van der Waals surface area contributed by atoms with E-state index in [0.29, 0.717) is 24.2 Å². The smallest absolute Gasteiger partial charge is 0.342 e. The fraction of sp³-hybridized carbons (Fsp3) is 0.391. The van der Waals surface area contributed by atoms with Gasteiger partial charge in [0.15, 0.2) is 18.1 Å². The molecule has 0 aromatic heterocycles.